The fourth-order valence-electron chi connectivity index (χ4n) is 4.04. The predicted octanol–water partition coefficient (Wildman–Crippen LogP) is 2.82. The Morgan fingerprint density at radius 3 is 2.53 bits per heavy atom. The monoisotopic (exact) mass is 466 g/mol. The van der Waals surface area contributed by atoms with Gasteiger partial charge in [-0.05, 0) is 43.0 Å². The van der Waals surface area contributed by atoms with Gasteiger partial charge in [-0.15, -0.1) is 0 Å². The van der Waals surface area contributed by atoms with E-state index in [0.717, 1.165) is 18.4 Å². The Morgan fingerprint density at radius 2 is 1.88 bits per heavy atom. The number of benzene rings is 1. The van der Waals surface area contributed by atoms with Crippen LogP contribution < -0.4 is 14.2 Å². The molecule has 1 aliphatic heterocycles. The van der Waals surface area contributed by atoms with E-state index in [4.69, 9.17) is 18.7 Å². The summed E-state index contributed by atoms with van der Waals surface area (Å²) in [6.07, 6.45) is 6.19. The van der Waals surface area contributed by atoms with Crippen LogP contribution in [-0.2, 0) is 17.6 Å². The molecule has 0 aliphatic carbocycles. The number of carbonyl (C=O) groups excluding carboxylic acids is 2. The number of aromatic nitrogens is 3. The van der Waals surface area contributed by atoms with Crippen molar-refractivity contribution in [1.82, 2.24) is 20.0 Å². The van der Waals surface area contributed by atoms with E-state index in [2.05, 4.69) is 15.1 Å². The number of likely N-dealkylation sites (tertiary alicyclic amines) is 1. The van der Waals surface area contributed by atoms with Crippen LogP contribution in [0.2, 0.25) is 0 Å². The van der Waals surface area contributed by atoms with Crippen molar-refractivity contribution < 1.29 is 28.3 Å². The van der Waals surface area contributed by atoms with Gasteiger partial charge in [-0.2, -0.15) is 4.98 Å². The minimum atomic E-state index is -0.678. The number of nitrogens with zero attached hydrogens (tertiary/aromatic N) is 4. The van der Waals surface area contributed by atoms with Crippen molar-refractivity contribution in [3.8, 4) is 17.2 Å². The Hall–Kier alpha value is -3.95. The number of hydrogen-bond acceptors (Lipinski definition) is 9. The Bertz CT molecular complexity index is 1140. The molecule has 1 aromatic carbocycles. The minimum Gasteiger partial charge on any atom is -0.493 e. The van der Waals surface area contributed by atoms with E-state index < -0.39 is 17.7 Å². The minimum absolute atomic E-state index is 0.146. The zero-order chi connectivity index (χ0) is 24.1. The second-order valence-corrected chi connectivity index (χ2v) is 7.81. The molecule has 2 aromatic heterocycles. The Balaban J connectivity index is 1.49. The van der Waals surface area contributed by atoms with Crippen molar-refractivity contribution in [3.63, 3.8) is 0 Å². The number of amides is 1. The average Bonchev–Trinajstić information content (AvgIpc) is 3.56. The highest BCUT2D eigenvalue weighted by atomic mass is 16.5. The molecule has 1 unspecified atom stereocenters. The number of Topliss-reactive ketones (excluding diaryl/α,β-unsaturated/α-hetero) is 1. The van der Waals surface area contributed by atoms with E-state index >= 15 is 0 Å². The van der Waals surface area contributed by atoms with Crippen LogP contribution in [0, 0.1) is 0 Å². The molecule has 1 fully saturated rings. The number of aryl methyl sites for hydroxylation is 2. The lowest BCUT2D eigenvalue weighted by molar-refractivity contribution is -0.127. The average molecular weight is 466 g/mol. The van der Waals surface area contributed by atoms with Crippen LogP contribution in [0.3, 0.4) is 0 Å². The quantitative estimate of drug-likeness (QED) is 0.346. The van der Waals surface area contributed by atoms with E-state index in [0.29, 0.717) is 48.4 Å². The van der Waals surface area contributed by atoms with Gasteiger partial charge in [0.25, 0.3) is 11.7 Å². The first kappa shape index (κ1) is 23.2. The standard InChI is InChI=1S/C24H26N4O6/c1-31-18-12-16(13-19(32-2)22(18)33-3)21(29)24(30)28-11-5-7-17(28)23-26-20(27-34-23)9-8-15-6-4-10-25-14-15/h4,6,10,12-14,17H,5,7-9,11H2,1-3H3. The number of pyridine rings is 1. The molecule has 1 atom stereocenters. The fourth-order valence-corrected chi connectivity index (χ4v) is 4.04. The zero-order valence-electron chi connectivity index (χ0n) is 19.3. The van der Waals surface area contributed by atoms with Gasteiger partial charge in [-0.1, -0.05) is 11.2 Å². The van der Waals surface area contributed by atoms with E-state index in [1.165, 1.54) is 38.4 Å². The summed E-state index contributed by atoms with van der Waals surface area (Å²) in [6.45, 7) is 0.424. The van der Waals surface area contributed by atoms with Crippen LogP contribution in [0.4, 0.5) is 0 Å². The molecule has 0 saturated carbocycles. The van der Waals surface area contributed by atoms with E-state index in [1.807, 2.05) is 12.1 Å². The number of methoxy groups -OCH3 is 3. The molecule has 34 heavy (non-hydrogen) atoms. The first-order valence-electron chi connectivity index (χ1n) is 10.9. The van der Waals surface area contributed by atoms with Crippen molar-refractivity contribution in [2.45, 2.75) is 31.7 Å². The normalized spacial score (nSPS) is 15.3. The molecule has 10 heteroatoms. The largest absolute Gasteiger partial charge is 0.493 e. The summed E-state index contributed by atoms with van der Waals surface area (Å²) in [4.78, 5) is 36.3. The van der Waals surface area contributed by atoms with Gasteiger partial charge in [0.05, 0.1) is 21.3 Å². The van der Waals surface area contributed by atoms with Crippen LogP contribution in [-0.4, -0.2) is 59.6 Å². The fraction of sp³-hybridized carbons (Fsp3) is 0.375. The summed E-state index contributed by atoms with van der Waals surface area (Å²) < 4.78 is 21.4. The molecule has 0 radical (unpaired) electrons. The Morgan fingerprint density at radius 1 is 1.12 bits per heavy atom. The van der Waals surface area contributed by atoms with Gasteiger partial charge in [0, 0.05) is 30.9 Å². The lowest BCUT2D eigenvalue weighted by Crippen LogP contribution is -2.36. The van der Waals surface area contributed by atoms with Gasteiger partial charge in [0.1, 0.15) is 6.04 Å². The van der Waals surface area contributed by atoms with Crippen molar-refractivity contribution in [3.05, 3.63) is 59.5 Å². The molecule has 3 aromatic rings. The van der Waals surface area contributed by atoms with Crippen molar-refractivity contribution in [2.75, 3.05) is 27.9 Å². The van der Waals surface area contributed by atoms with Gasteiger partial charge >= 0.3 is 0 Å². The molecule has 1 amide bonds. The second-order valence-electron chi connectivity index (χ2n) is 7.81. The highest BCUT2D eigenvalue weighted by Gasteiger charge is 2.37. The maximum Gasteiger partial charge on any atom is 0.295 e. The number of ketones is 1. The SMILES string of the molecule is COc1cc(C(=O)C(=O)N2CCCC2c2nc(CCc3cccnc3)no2)cc(OC)c1OC. The van der Waals surface area contributed by atoms with Crippen molar-refractivity contribution in [2.24, 2.45) is 0 Å². The zero-order valence-corrected chi connectivity index (χ0v) is 19.3. The number of carbonyl (C=O) groups is 2. The number of rotatable bonds is 9. The number of ether oxygens (including phenoxy) is 3. The number of hydrogen-bond donors (Lipinski definition) is 0. The second kappa shape index (κ2) is 10.3. The summed E-state index contributed by atoms with van der Waals surface area (Å²) in [5.74, 6) is 0.503. The lowest BCUT2D eigenvalue weighted by Gasteiger charge is -2.21. The van der Waals surface area contributed by atoms with Gasteiger partial charge in [0.15, 0.2) is 17.3 Å². The van der Waals surface area contributed by atoms with Crippen LogP contribution >= 0.6 is 0 Å². The molecule has 0 spiro atoms. The van der Waals surface area contributed by atoms with Crippen LogP contribution in [0.25, 0.3) is 0 Å². The van der Waals surface area contributed by atoms with Crippen LogP contribution in [0.15, 0.2) is 41.2 Å². The first-order chi connectivity index (χ1) is 16.5. The molecule has 0 bridgehead atoms. The topological polar surface area (TPSA) is 117 Å². The molecular weight excluding hydrogens is 440 g/mol. The molecule has 1 aliphatic rings. The highest BCUT2D eigenvalue weighted by Crippen LogP contribution is 2.39. The molecule has 1 saturated heterocycles. The predicted molar refractivity (Wildman–Crippen MR) is 120 cm³/mol. The molecule has 10 nitrogen and oxygen atoms in total. The summed E-state index contributed by atoms with van der Waals surface area (Å²) in [5, 5.41) is 4.06. The van der Waals surface area contributed by atoms with Crippen LogP contribution in [0.5, 0.6) is 17.2 Å². The molecular formula is C24H26N4O6. The maximum atomic E-state index is 13.2. The van der Waals surface area contributed by atoms with Gasteiger partial charge in [-0.3, -0.25) is 14.6 Å². The summed E-state index contributed by atoms with van der Waals surface area (Å²) >= 11 is 0. The van der Waals surface area contributed by atoms with E-state index in [1.54, 1.807) is 12.4 Å². The first-order valence-corrected chi connectivity index (χ1v) is 10.9. The molecule has 0 N–H and O–H groups in total. The third-order valence-electron chi connectivity index (χ3n) is 5.76. The Labute approximate surface area is 196 Å². The van der Waals surface area contributed by atoms with E-state index in [-0.39, 0.29) is 5.56 Å². The van der Waals surface area contributed by atoms with Gasteiger partial charge in [0.2, 0.25) is 11.6 Å². The van der Waals surface area contributed by atoms with Gasteiger partial charge < -0.3 is 23.6 Å². The molecule has 4 rings (SSSR count). The highest BCUT2D eigenvalue weighted by molar-refractivity contribution is 6.43. The summed E-state index contributed by atoms with van der Waals surface area (Å²) in [7, 11) is 4.37. The van der Waals surface area contributed by atoms with Gasteiger partial charge in [-0.25, -0.2) is 0 Å². The maximum absolute atomic E-state index is 13.2. The van der Waals surface area contributed by atoms with Crippen molar-refractivity contribution >= 4 is 11.7 Å². The third kappa shape index (κ3) is 4.70. The summed E-state index contributed by atoms with van der Waals surface area (Å²) in [6, 6.07) is 6.36. The Kier molecular flexibility index (Phi) is 7.05. The van der Waals surface area contributed by atoms with E-state index in [9.17, 15) is 9.59 Å². The molecule has 178 valence electrons. The smallest absolute Gasteiger partial charge is 0.295 e. The third-order valence-corrected chi connectivity index (χ3v) is 5.76. The molecule has 3 heterocycles. The summed E-state index contributed by atoms with van der Waals surface area (Å²) in [5.41, 5.74) is 1.22. The van der Waals surface area contributed by atoms with Crippen molar-refractivity contribution in [1.29, 1.82) is 0 Å². The van der Waals surface area contributed by atoms with Crippen LogP contribution in [0.1, 0.15) is 46.5 Å². The lowest BCUT2D eigenvalue weighted by atomic mass is 10.1.